The molecule has 1 aromatic heterocycles. The Morgan fingerprint density at radius 2 is 1.85 bits per heavy atom. The number of hydrogen-bond acceptors (Lipinski definition) is 1. The lowest BCUT2D eigenvalue weighted by Crippen LogP contribution is -1.99. The molecule has 0 radical (unpaired) electrons. The van der Waals surface area contributed by atoms with Gasteiger partial charge in [0.25, 0.3) is 0 Å². The van der Waals surface area contributed by atoms with Gasteiger partial charge in [-0.2, -0.15) is 0 Å². The lowest BCUT2D eigenvalue weighted by Gasteiger charge is -2.08. The van der Waals surface area contributed by atoms with E-state index in [-0.39, 0.29) is 12.4 Å². The number of aliphatic hydroxyl groups is 1. The van der Waals surface area contributed by atoms with Gasteiger partial charge in [0.1, 0.15) is 5.82 Å². The summed E-state index contributed by atoms with van der Waals surface area (Å²) in [7, 11) is 0. The second kappa shape index (κ2) is 5.38. The molecule has 4 heteroatoms. The fraction of sp³-hybridized carbons (Fsp3) is 0.125. The SMILES string of the molecule is OCc1cn(Cc2cccc(F)c2Br)c2ccccc12. The van der Waals surface area contributed by atoms with Gasteiger partial charge in [0.05, 0.1) is 11.1 Å². The summed E-state index contributed by atoms with van der Waals surface area (Å²) < 4.78 is 16.1. The van der Waals surface area contributed by atoms with Crippen LogP contribution in [0.1, 0.15) is 11.1 Å². The zero-order valence-corrected chi connectivity index (χ0v) is 12.3. The van der Waals surface area contributed by atoms with E-state index in [1.165, 1.54) is 6.07 Å². The molecule has 0 fully saturated rings. The molecule has 0 saturated carbocycles. The highest BCUT2D eigenvalue weighted by Crippen LogP contribution is 2.25. The van der Waals surface area contributed by atoms with Crippen LogP contribution in [0.3, 0.4) is 0 Å². The molecule has 2 nitrogen and oxygen atoms in total. The van der Waals surface area contributed by atoms with Crippen LogP contribution in [0.4, 0.5) is 4.39 Å². The average molecular weight is 334 g/mol. The Labute approximate surface area is 124 Å². The molecule has 0 amide bonds. The minimum absolute atomic E-state index is 0.00215. The highest BCUT2D eigenvalue weighted by atomic mass is 79.9. The van der Waals surface area contributed by atoms with E-state index in [2.05, 4.69) is 15.9 Å². The molecule has 3 aromatic rings. The molecule has 0 aliphatic carbocycles. The molecular formula is C16H13BrFNO. The monoisotopic (exact) mass is 333 g/mol. The van der Waals surface area contributed by atoms with Gasteiger partial charge >= 0.3 is 0 Å². The van der Waals surface area contributed by atoms with Crippen molar-refractivity contribution < 1.29 is 9.50 Å². The van der Waals surface area contributed by atoms with Crippen molar-refractivity contribution in [2.24, 2.45) is 0 Å². The van der Waals surface area contributed by atoms with Crippen LogP contribution < -0.4 is 0 Å². The van der Waals surface area contributed by atoms with E-state index < -0.39 is 0 Å². The summed E-state index contributed by atoms with van der Waals surface area (Å²) in [5.41, 5.74) is 2.79. The van der Waals surface area contributed by atoms with Gasteiger partial charge in [-0.25, -0.2) is 4.39 Å². The third-order valence-electron chi connectivity index (χ3n) is 3.41. The third-order valence-corrected chi connectivity index (χ3v) is 4.30. The van der Waals surface area contributed by atoms with E-state index in [1.54, 1.807) is 6.07 Å². The van der Waals surface area contributed by atoms with Gasteiger partial charge in [0.15, 0.2) is 0 Å². The minimum atomic E-state index is -0.263. The van der Waals surface area contributed by atoms with E-state index in [0.717, 1.165) is 22.0 Å². The topological polar surface area (TPSA) is 25.2 Å². The van der Waals surface area contributed by atoms with Crippen LogP contribution in [0.5, 0.6) is 0 Å². The molecule has 2 aromatic carbocycles. The Bertz CT molecular complexity index is 766. The van der Waals surface area contributed by atoms with Crippen LogP contribution >= 0.6 is 15.9 Å². The van der Waals surface area contributed by atoms with E-state index >= 15 is 0 Å². The first kappa shape index (κ1) is 13.3. The summed E-state index contributed by atoms with van der Waals surface area (Å²) in [5.74, 6) is -0.263. The summed E-state index contributed by atoms with van der Waals surface area (Å²) in [4.78, 5) is 0. The number of benzene rings is 2. The van der Waals surface area contributed by atoms with E-state index in [9.17, 15) is 9.50 Å². The van der Waals surface area contributed by atoms with E-state index in [1.807, 2.05) is 41.1 Å². The smallest absolute Gasteiger partial charge is 0.137 e. The Balaban J connectivity index is 2.09. The summed E-state index contributed by atoms with van der Waals surface area (Å²) in [6.07, 6.45) is 1.92. The van der Waals surface area contributed by atoms with Crippen LogP contribution in [0, 0.1) is 5.82 Å². The molecule has 102 valence electrons. The molecular weight excluding hydrogens is 321 g/mol. The van der Waals surface area contributed by atoms with Gasteiger partial charge in [0, 0.05) is 29.2 Å². The van der Waals surface area contributed by atoms with Gasteiger partial charge in [0.2, 0.25) is 0 Å². The van der Waals surface area contributed by atoms with Crippen molar-refractivity contribution in [1.82, 2.24) is 4.57 Å². The van der Waals surface area contributed by atoms with Crippen molar-refractivity contribution in [3.8, 4) is 0 Å². The standard InChI is InChI=1S/C16H13BrFNO/c17-16-11(4-3-6-14(16)18)8-19-9-12(10-20)13-5-1-2-7-15(13)19/h1-7,9,20H,8,10H2. The number of para-hydroxylation sites is 1. The van der Waals surface area contributed by atoms with Gasteiger partial charge in [-0.3, -0.25) is 0 Å². The number of aromatic nitrogens is 1. The Kier molecular flexibility index (Phi) is 3.59. The molecule has 0 saturated heterocycles. The summed E-state index contributed by atoms with van der Waals surface area (Å²) in [6.45, 7) is 0.552. The van der Waals surface area contributed by atoms with Gasteiger partial charge in [-0.15, -0.1) is 0 Å². The number of rotatable bonds is 3. The Morgan fingerprint density at radius 3 is 2.65 bits per heavy atom. The molecule has 0 unspecified atom stereocenters. The molecule has 20 heavy (non-hydrogen) atoms. The van der Waals surface area contributed by atoms with Gasteiger partial charge < -0.3 is 9.67 Å². The minimum Gasteiger partial charge on any atom is -0.392 e. The highest BCUT2D eigenvalue weighted by Gasteiger charge is 2.10. The fourth-order valence-electron chi connectivity index (χ4n) is 2.43. The second-order valence-corrected chi connectivity index (χ2v) is 5.46. The Hall–Kier alpha value is -1.65. The lowest BCUT2D eigenvalue weighted by molar-refractivity contribution is 0.283. The van der Waals surface area contributed by atoms with Gasteiger partial charge in [-0.05, 0) is 33.6 Å². The van der Waals surface area contributed by atoms with E-state index in [0.29, 0.717) is 11.0 Å². The predicted octanol–water partition coefficient (Wildman–Crippen LogP) is 4.08. The van der Waals surface area contributed by atoms with Crippen LogP contribution in [0.15, 0.2) is 53.1 Å². The average Bonchev–Trinajstić information content (AvgIpc) is 2.82. The quantitative estimate of drug-likeness (QED) is 0.767. The van der Waals surface area contributed by atoms with Crippen LogP contribution in [-0.2, 0) is 13.2 Å². The Morgan fingerprint density at radius 1 is 1.05 bits per heavy atom. The van der Waals surface area contributed by atoms with Crippen LogP contribution in [0.2, 0.25) is 0 Å². The number of fused-ring (bicyclic) bond motifs is 1. The zero-order chi connectivity index (χ0) is 14.1. The van der Waals surface area contributed by atoms with Crippen molar-refractivity contribution >= 4 is 26.8 Å². The van der Waals surface area contributed by atoms with Crippen molar-refractivity contribution in [2.75, 3.05) is 0 Å². The number of aliphatic hydroxyl groups excluding tert-OH is 1. The van der Waals surface area contributed by atoms with Gasteiger partial charge in [-0.1, -0.05) is 30.3 Å². The maximum absolute atomic E-state index is 13.6. The lowest BCUT2D eigenvalue weighted by atomic mass is 10.2. The molecule has 0 aliphatic rings. The molecule has 0 spiro atoms. The van der Waals surface area contributed by atoms with Crippen LogP contribution in [-0.4, -0.2) is 9.67 Å². The normalized spacial score (nSPS) is 11.2. The highest BCUT2D eigenvalue weighted by molar-refractivity contribution is 9.10. The first-order chi connectivity index (χ1) is 9.70. The summed E-state index contributed by atoms with van der Waals surface area (Å²) in [5, 5.41) is 10.5. The second-order valence-electron chi connectivity index (χ2n) is 4.67. The number of halogens is 2. The number of hydrogen-bond donors (Lipinski definition) is 1. The predicted molar refractivity (Wildman–Crippen MR) is 81.1 cm³/mol. The molecule has 1 N–H and O–H groups in total. The molecule has 3 rings (SSSR count). The molecule has 0 bridgehead atoms. The maximum atomic E-state index is 13.6. The first-order valence-corrected chi connectivity index (χ1v) is 7.10. The molecule has 0 aliphatic heterocycles. The largest absolute Gasteiger partial charge is 0.392 e. The third kappa shape index (κ3) is 2.25. The van der Waals surface area contributed by atoms with E-state index in [4.69, 9.17) is 0 Å². The molecule has 0 atom stereocenters. The summed E-state index contributed by atoms with van der Waals surface area (Å²) >= 11 is 3.29. The van der Waals surface area contributed by atoms with Crippen LogP contribution in [0.25, 0.3) is 10.9 Å². The van der Waals surface area contributed by atoms with Crippen molar-refractivity contribution in [2.45, 2.75) is 13.2 Å². The fourth-order valence-corrected chi connectivity index (χ4v) is 2.82. The zero-order valence-electron chi connectivity index (χ0n) is 10.7. The first-order valence-electron chi connectivity index (χ1n) is 6.31. The van der Waals surface area contributed by atoms with Crippen molar-refractivity contribution in [1.29, 1.82) is 0 Å². The maximum Gasteiger partial charge on any atom is 0.137 e. The van der Waals surface area contributed by atoms with Crippen molar-refractivity contribution in [3.05, 3.63) is 70.1 Å². The number of nitrogens with zero attached hydrogens (tertiary/aromatic N) is 1. The molecule has 1 heterocycles. The summed E-state index contributed by atoms with van der Waals surface area (Å²) in [6, 6.07) is 12.9. The van der Waals surface area contributed by atoms with Crippen molar-refractivity contribution in [3.63, 3.8) is 0 Å².